The minimum atomic E-state index is -1.62. The van der Waals surface area contributed by atoms with Crippen LogP contribution in [0.1, 0.15) is 52.9 Å². The molecule has 8 rings (SSSR count). The van der Waals surface area contributed by atoms with Gasteiger partial charge in [-0.25, -0.2) is 4.79 Å². The molecule has 14 nitrogen and oxygen atoms in total. The van der Waals surface area contributed by atoms with Gasteiger partial charge in [-0.3, -0.25) is 28.9 Å². The number of Topliss-reactive ketones (excluding diaryl/α,β-unsaturated/α-hetero) is 4. The number of hydrogen-bond donors (Lipinski definition) is 4. The summed E-state index contributed by atoms with van der Waals surface area (Å²) in [6.45, 7) is 5.15. The molecule has 0 bridgehead atoms. The molecule has 276 valence electrons. The van der Waals surface area contributed by atoms with Gasteiger partial charge >= 0.3 is 35.7 Å². The molecular formula is C37H47N4NaO10. The summed E-state index contributed by atoms with van der Waals surface area (Å²) in [5, 5.41) is 20.5. The van der Waals surface area contributed by atoms with E-state index in [0.717, 1.165) is 18.4 Å². The fourth-order valence-electron chi connectivity index (χ4n) is 11.4. The van der Waals surface area contributed by atoms with E-state index in [2.05, 4.69) is 4.90 Å². The molecule has 5 fully saturated rings. The molecule has 1 unspecified atom stereocenters. The molecular weight excluding hydrogens is 683 g/mol. The van der Waals surface area contributed by atoms with E-state index in [4.69, 9.17) is 20.9 Å². The Bertz CT molecular complexity index is 1820. The molecule has 3 heterocycles. The quantitative estimate of drug-likeness (QED) is 0.164. The Morgan fingerprint density at radius 1 is 1.12 bits per heavy atom. The van der Waals surface area contributed by atoms with Gasteiger partial charge in [-0.2, -0.15) is 0 Å². The fourth-order valence-corrected chi connectivity index (χ4v) is 11.4. The first-order valence-electron chi connectivity index (χ1n) is 17.5. The Morgan fingerprint density at radius 2 is 1.81 bits per heavy atom. The number of nitrogens with zero attached hydrogens (tertiary/aromatic N) is 2. The van der Waals surface area contributed by atoms with Gasteiger partial charge in [0.15, 0.2) is 17.3 Å². The molecule has 52 heavy (non-hydrogen) atoms. The summed E-state index contributed by atoms with van der Waals surface area (Å²) in [5.74, 6) is -1.91. The van der Waals surface area contributed by atoms with Crippen molar-refractivity contribution in [2.75, 3.05) is 33.9 Å². The molecule has 0 spiro atoms. The van der Waals surface area contributed by atoms with Crippen LogP contribution in [0.5, 0.6) is 0 Å². The summed E-state index contributed by atoms with van der Waals surface area (Å²) >= 11 is 0. The third-order valence-corrected chi connectivity index (χ3v) is 14.0. The normalized spacial score (nSPS) is 42.2. The third kappa shape index (κ3) is 4.94. The van der Waals surface area contributed by atoms with Crippen molar-refractivity contribution in [2.24, 2.45) is 46.0 Å². The van der Waals surface area contributed by atoms with Crippen LogP contribution in [0.3, 0.4) is 0 Å². The Labute approximate surface area is 323 Å². The van der Waals surface area contributed by atoms with Gasteiger partial charge in [0.05, 0.1) is 23.4 Å². The van der Waals surface area contributed by atoms with Crippen LogP contribution >= 0.6 is 0 Å². The van der Waals surface area contributed by atoms with E-state index in [1.807, 2.05) is 31.9 Å². The number of aliphatic hydroxyl groups excluding tert-OH is 1. The van der Waals surface area contributed by atoms with Gasteiger partial charge in [0.2, 0.25) is 11.6 Å². The zero-order valence-electron chi connectivity index (χ0n) is 29.6. The average molecular weight is 731 g/mol. The SMILES string of the molecule is CO[C@@]12[C@H](COC(N)=O)C3=C(C(=O)C(C)=C(N)C3=O)N1C[C@H]1[C@@H]2N1C.C[C@]12C=CC(=O)C=C1CC[C@@H]1[C@@H]2C(=O)C[C@@]2(C)[C@H]1CC[C@]2(O)C(=O)CO.[NaH]. The molecule has 1 amide bonds. The number of carbonyl (C=O) groups is 6. The van der Waals surface area contributed by atoms with Crippen molar-refractivity contribution in [3.8, 4) is 0 Å². The van der Waals surface area contributed by atoms with Crippen LogP contribution in [-0.2, 0) is 33.4 Å². The summed E-state index contributed by atoms with van der Waals surface area (Å²) in [6, 6.07) is 0.211. The maximum absolute atomic E-state index is 13.3. The number of piperazine rings is 1. The number of aliphatic hydroxyl groups is 2. The molecule has 5 aliphatic carbocycles. The number of allylic oxidation sites excluding steroid dienone is 6. The molecule has 8 aliphatic rings. The number of hydrogen-bond acceptors (Lipinski definition) is 13. The van der Waals surface area contributed by atoms with E-state index in [0.29, 0.717) is 25.1 Å². The van der Waals surface area contributed by atoms with Crippen molar-refractivity contribution in [3.05, 3.63) is 46.3 Å². The van der Waals surface area contributed by atoms with E-state index in [1.165, 1.54) is 7.11 Å². The number of primary amides is 1. The molecule has 11 atom stereocenters. The number of methoxy groups -OCH3 is 1. The maximum atomic E-state index is 13.3. The summed E-state index contributed by atoms with van der Waals surface area (Å²) in [5.41, 5.74) is 8.91. The van der Waals surface area contributed by atoms with Crippen molar-refractivity contribution in [1.82, 2.24) is 9.80 Å². The van der Waals surface area contributed by atoms with Gasteiger partial charge in [-0.1, -0.05) is 25.5 Å². The first kappa shape index (κ1) is 38.7. The minimum absolute atomic E-state index is 0. The zero-order valence-corrected chi connectivity index (χ0v) is 29.6. The van der Waals surface area contributed by atoms with Crippen molar-refractivity contribution in [2.45, 2.75) is 76.3 Å². The number of ketones is 5. The van der Waals surface area contributed by atoms with Crippen molar-refractivity contribution < 1.29 is 48.5 Å². The van der Waals surface area contributed by atoms with Crippen LogP contribution in [-0.4, -0.2) is 142 Å². The van der Waals surface area contributed by atoms with Gasteiger partial charge in [0, 0.05) is 54.0 Å². The van der Waals surface area contributed by atoms with Crippen LogP contribution in [0.15, 0.2) is 46.3 Å². The van der Waals surface area contributed by atoms with Gasteiger partial charge in [-0.15, -0.1) is 0 Å². The van der Waals surface area contributed by atoms with Crippen molar-refractivity contribution in [3.63, 3.8) is 0 Å². The second kappa shape index (κ2) is 12.8. The van der Waals surface area contributed by atoms with Gasteiger partial charge in [-0.05, 0) is 63.6 Å². The van der Waals surface area contributed by atoms with E-state index >= 15 is 0 Å². The standard InChI is InChI=1S/C21H26O5.C16H20N4O5.Na.H/c1-19-7-5-13(23)9-12(19)3-4-14-15-6-8-21(26,17(25)11-22)20(15,2)10-16(24)18(14)19;1-6-10(17)13(22)9-7(5-25-15(18)23)16(24-3)14-8(19(14)2)4-20(16)11(9)12(6)21;;/h5,7,9,14-15,18,22,26H,3-4,6,8,10-11H2,1-2H3;7-8,14H,4-5,17H2,1-3H3,(H2,18,23);;/t14-,15-,18+,19-,20-,21-;7-,8+,14+,16-,19?;;/m01../s1. The van der Waals surface area contributed by atoms with Gasteiger partial charge < -0.3 is 36.1 Å². The van der Waals surface area contributed by atoms with E-state index < -0.39 is 52.3 Å². The molecule has 2 saturated heterocycles. The monoisotopic (exact) mass is 730 g/mol. The fraction of sp³-hybridized carbons (Fsp3) is 0.622. The van der Waals surface area contributed by atoms with E-state index in [-0.39, 0.29) is 107 Å². The predicted octanol–water partition coefficient (Wildman–Crippen LogP) is -0.192. The van der Waals surface area contributed by atoms with Crippen LogP contribution in [0.25, 0.3) is 0 Å². The number of likely N-dealkylation sites (N-methyl/N-ethyl adjacent to an activating group) is 1. The van der Waals surface area contributed by atoms with Crippen molar-refractivity contribution >= 4 is 64.6 Å². The summed E-state index contributed by atoms with van der Waals surface area (Å²) in [7, 11) is 3.49. The Hall–Kier alpha value is -2.98. The van der Waals surface area contributed by atoms with E-state index in [9.17, 15) is 39.0 Å². The van der Waals surface area contributed by atoms with E-state index in [1.54, 1.807) is 19.1 Å². The van der Waals surface area contributed by atoms with Gasteiger partial charge in [0.1, 0.15) is 24.6 Å². The molecule has 15 heteroatoms. The van der Waals surface area contributed by atoms with Crippen molar-refractivity contribution in [1.29, 1.82) is 0 Å². The number of rotatable bonds is 5. The number of amides is 1. The Morgan fingerprint density at radius 3 is 2.44 bits per heavy atom. The van der Waals surface area contributed by atoms with Crippen LogP contribution in [0.2, 0.25) is 0 Å². The van der Waals surface area contributed by atoms with Crippen LogP contribution < -0.4 is 11.5 Å². The van der Waals surface area contributed by atoms with Gasteiger partial charge in [0.25, 0.3) is 0 Å². The van der Waals surface area contributed by atoms with Crippen LogP contribution in [0, 0.1) is 34.5 Å². The summed E-state index contributed by atoms with van der Waals surface area (Å²) < 4.78 is 10.9. The second-order valence-electron chi connectivity index (χ2n) is 15.9. The zero-order chi connectivity index (χ0) is 37.2. The number of nitrogens with two attached hydrogens (primary N) is 2. The molecule has 0 aromatic rings. The molecule has 0 radical (unpaired) electrons. The number of fused-ring (bicyclic) bond motifs is 9. The predicted molar refractivity (Wildman–Crippen MR) is 186 cm³/mol. The molecule has 6 N–H and O–H groups in total. The first-order valence-corrected chi connectivity index (χ1v) is 17.5. The Kier molecular flexibility index (Phi) is 9.55. The topological polar surface area (TPSA) is 220 Å². The number of ether oxygens (including phenoxy) is 2. The Balaban J connectivity index is 0.000000175. The molecule has 0 aromatic carbocycles. The summed E-state index contributed by atoms with van der Waals surface area (Å²) in [4.78, 5) is 78.2. The molecule has 3 saturated carbocycles. The summed E-state index contributed by atoms with van der Waals surface area (Å²) in [6.07, 6.45) is 6.88. The molecule has 0 aromatic heterocycles. The number of carbonyl (C=O) groups excluding carboxylic acids is 6. The third-order valence-electron chi connectivity index (χ3n) is 14.0. The second-order valence-corrected chi connectivity index (χ2v) is 15.9. The molecule has 3 aliphatic heterocycles. The van der Waals surface area contributed by atoms with Crippen LogP contribution in [0.4, 0.5) is 4.79 Å². The first-order chi connectivity index (χ1) is 23.9. The average Bonchev–Trinajstić information content (AvgIpc) is 3.34.